The molecule has 90 valence electrons. The van der Waals surface area contributed by atoms with Crippen LogP contribution >= 0.6 is 31.9 Å². The van der Waals surface area contributed by atoms with E-state index in [1.165, 1.54) is 18.5 Å². The van der Waals surface area contributed by atoms with Gasteiger partial charge in [-0.2, -0.15) is 0 Å². The topological polar surface area (TPSA) is 55.2 Å². The standard InChI is InChI=1S/C6H6BrNO.C5H4BrNO/c1-9-5-2-3-6(7)8-4-5;6-5-2-1-4(8)3-7-5/h2-4H,1H3;1-3,8H/i1D3;. The lowest BCUT2D eigenvalue weighted by atomic mass is 10.5. The van der Waals surface area contributed by atoms with Gasteiger partial charge in [-0.25, -0.2) is 9.97 Å². The van der Waals surface area contributed by atoms with Crippen LogP contribution in [0.25, 0.3) is 0 Å². The number of methoxy groups -OCH3 is 1. The third-order valence-corrected chi connectivity index (χ3v) is 2.47. The fourth-order valence-electron chi connectivity index (χ4n) is 0.791. The predicted molar refractivity (Wildman–Crippen MR) is 72.1 cm³/mol. The molecule has 0 spiro atoms. The highest BCUT2D eigenvalue weighted by Crippen LogP contribution is 2.11. The number of hydrogen-bond donors (Lipinski definition) is 1. The van der Waals surface area contributed by atoms with Gasteiger partial charge in [0.25, 0.3) is 0 Å². The van der Waals surface area contributed by atoms with Crippen LogP contribution in [0.3, 0.4) is 0 Å². The van der Waals surface area contributed by atoms with Gasteiger partial charge in [0.15, 0.2) is 0 Å². The van der Waals surface area contributed by atoms with Gasteiger partial charge in [0.2, 0.25) is 0 Å². The third-order valence-electron chi connectivity index (χ3n) is 1.53. The zero-order chi connectivity index (χ0) is 15.2. The van der Waals surface area contributed by atoms with Crippen molar-refractivity contribution >= 4 is 31.9 Å². The Hall–Kier alpha value is -1.14. The van der Waals surface area contributed by atoms with Crippen molar-refractivity contribution in [3.63, 3.8) is 0 Å². The van der Waals surface area contributed by atoms with E-state index in [1.54, 1.807) is 18.2 Å². The second-order valence-electron chi connectivity index (χ2n) is 2.76. The fraction of sp³-hybridized carbons (Fsp3) is 0.0909. The zero-order valence-corrected chi connectivity index (χ0v) is 11.6. The number of nitrogens with zero attached hydrogens (tertiary/aromatic N) is 2. The summed E-state index contributed by atoms with van der Waals surface area (Å²) in [6, 6.07) is 6.39. The number of aromatic nitrogens is 2. The Morgan fingerprint density at radius 1 is 1.12 bits per heavy atom. The van der Waals surface area contributed by atoms with Crippen LogP contribution in [0.1, 0.15) is 4.11 Å². The molecule has 1 N–H and O–H groups in total. The normalized spacial score (nSPS) is 12.5. The lowest BCUT2D eigenvalue weighted by Crippen LogP contribution is -1.82. The average Bonchev–Trinajstić information content (AvgIpc) is 2.35. The summed E-state index contributed by atoms with van der Waals surface area (Å²) in [5, 5.41) is 8.67. The van der Waals surface area contributed by atoms with Gasteiger partial charge < -0.3 is 9.84 Å². The van der Waals surface area contributed by atoms with Crippen molar-refractivity contribution in [3.05, 3.63) is 45.9 Å². The molecule has 17 heavy (non-hydrogen) atoms. The summed E-state index contributed by atoms with van der Waals surface area (Å²) < 4.78 is 26.3. The van der Waals surface area contributed by atoms with Crippen LogP contribution < -0.4 is 4.74 Å². The lowest BCUT2D eigenvalue weighted by molar-refractivity contribution is 0.412. The zero-order valence-electron chi connectivity index (χ0n) is 11.5. The van der Waals surface area contributed by atoms with Crippen LogP contribution in [-0.4, -0.2) is 22.1 Å². The number of rotatable bonds is 1. The van der Waals surface area contributed by atoms with Gasteiger partial charge in [-0.15, -0.1) is 0 Å². The molecule has 0 radical (unpaired) electrons. The van der Waals surface area contributed by atoms with Gasteiger partial charge in [-0.1, -0.05) is 0 Å². The Morgan fingerprint density at radius 3 is 2.18 bits per heavy atom. The van der Waals surface area contributed by atoms with E-state index < -0.39 is 7.04 Å². The van der Waals surface area contributed by atoms with E-state index in [9.17, 15) is 0 Å². The maximum atomic E-state index is 8.67. The molecule has 0 aromatic carbocycles. The minimum atomic E-state index is -2.41. The summed E-state index contributed by atoms with van der Waals surface area (Å²) in [6.45, 7) is 0. The van der Waals surface area contributed by atoms with Crippen molar-refractivity contribution in [2.75, 3.05) is 7.04 Å². The summed E-state index contributed by atoms with van der Waals surface area (Å²) in [4.78, 5) is 7.55. The first-order valence-corrected chi connectivity index (χ1v) is 5.96. The second kappa shape index (κ2) is 7.24. The molecule has 0 amide bonds. The molecule has 0 aliphatic rings. The second-order valence-corrected chi connectivity index (χ2v) is 4.38. The van der Waals surface area contributed by atoms with E-state index in [-0.39, 0.29) is 11.5 Å². The van der Waals surface area contributed by atoms with E-state index in [2.05, 4.69) is 46.6 Å². The van der Waals surface area contributed by atoms with Gasteiger partial charge in [0.1, 0.15) is 20.7 Å². The van der Waals surface area contributed by atoms with Crippen LogP contribution in [0, 0.1) is 0 Å². The molecule has 0 fully saturated rings. The molecule has 0 unspecified atom stereocenters. The van der Waals surface area contributed by atoms with Gasteiger partial charge in [-0.05, 0) is 56.1 Å². The summed E-state index contributed by atoms with van der Waals surface area (Å²) >= 11 is 6.24. The van der Waals surface area contributed by atoms with E-state index in [0.29, 0.717) is 4.60 Å². The molecule has 0 saturated carbocycles. The highest BCUT2D eigenvalue weighted by Gasteiger charge is 1.88. The summed E-state index contributed by atoms with van der Waals surface area (Å²) in [5.41, 5.74) is 0. The lowest BCUT2D eigenvalue weighted by Gasteiger charge is -1.95. The highest BCUT2D eigenvalue weighted by molar-refractivity contribution is 9.10. The van der Waals surface area contributed by atoms with Crippen molar-refractivity contribution < 1.29 is 14.0 Å². The Labute approximate surface area is 120 Å². The van der Waals surface area contributed by atoms with E-state index in [1.807, 2.05) is 0 Å². The molecular weight excluding hydrogens is 352 g/mol. The summed E-state index contributed by atoms with van der Waals surface area (Å²) in [7, 11) is -2.41. The predicted octanol–water partition coefficient (Wildman–Crippen LogP) is 3.40. The number of hydrogen-bond acceptors (Lipinski definition) is 4. The first-order chi connectivity index (χ1) is 9.26. The summed E-state index contributed by atoms with van der Waals surface area (Å²) in [5.74, 6) is 0.423. The molecule has 0 bridgehead atoms. The minimum Gasteiger partial charge on any atom is -0.506 e. The molecule has 0 saturated heterocycles. The number of ether oxygens (including phenoxy) is 1. The van der Waals surface area contributed by atoms with Crippen molar-refractivity contribution in [1.29, 1.82) is 0 Å². The van der Waals surface area contributed by atoms with Crippen LogP contribution in [0.5, 0.6) is 11.5 Å². The van der Waals surface area contributed by atoms with Crippen LogP contribution in [-0.2, 0) is 0 Å². The Bertz CT molecular complexity index is 512. The first-order valence-electron chi connectivity index (χ1n) is 5.87. The molecular formula is C11H10Br2N2O2. The number of halogens is 2. The van der Waals surface area contributed by atoms with Crippen LogP contribution in [0.15, 0.2) is 45.9 Å². The SMILES string of the molecule is Oc1ccc(Br)nc1.[2H]C([2H])([2H])Oc1ccc(Br)nc1. The molecule has 0 atom stereocenters. The van der Waals surface area contributed by atoms with E-state index >= 15 is 0 Å². The number of pyridine rings is 2. The summed E-state index contributed by atoms with van der Waals surface area (Å²) in [6.07, 6.45) is 2.72. The van der Waals surface area contributed by atoms with Gasteiger partial charge in [0.05, 0.1) is 23.5 Å². The number of aromatic hydroxyl groups is 1. The smallest absolute Gasteiger partial charge is 0.137 e. The molecule has 6 heteroatoms. The molecule has 0 aliphatic carbocycles. The van der Waals surface area contributed by atoms with Crippen molar-refractivity contribution in [2.45, 2.75) is 0 Å². The monoisotopic (exact) mass is 363 g/mol. The van der Waals surface area contributed by atoms with Crippen molar-refractivity contribution in [1.82, 2.24) is 9.97 Å². The molecule has 0 aliphatic heterocycles. The van der Waals surface area contributed by atoms with Crippen LogP contribution in [0.2, 0.25) is 0 Å². The largest absolute Gasteiger partial charge is 0.506 e. The molecule has 2 heterocycles. The molecule has 4 nitrogen and oxygen atoms in total. The van der Waals surface area contributed by atoms with Gasteiger partial charge in [-0.3, -0.25) is 0 Å². The molecule has 2 aromatic rings. The van der Waals surface area contributed by atoms with E-state index in [4.69, 9.17) is 9.22 Å². The van der Waals surface area contributed by atoms with Crippen molar-refractivity contribution in [2.24, 2.45) is 0 Å². The highest BCUT2D eigenvalue weighted by atomic mass is 79.9. The maximum Gasteiger partial charge on any atom is 0.137 e. The van der Waals surface area contributed by atoms with Crippen LogP contribution in [0.4, 0.5) is 0 Å². The van der Waals surface area contributed by atoms with Gasteiger partial charge >= 0.3 is 0 Å². The van der Waals surface area contributed by atoms with Crippen molar-refractivity contribution in [3.8, 4) is 11.5 Å². The maximum absolute atomic E-state index is 8.67. The Balaban J connectivity index is 0.000000217. The third kappa shape index (κ3) is 5.65. The Morgan fingerprint density at radius 2 is 1.76 bits per heavy atom. The quantitative estimate of drug-likeness (QED) is 0.788. The minimum absolute atomic E-state index is 0.188. The molecule has 2 rings (SSSR count). The Kier molecular flexibility index (Phi) is 4.19. The molecule has 2 aromatic heterocycles. The first kappa shape index (κ1) is 9.85. The fourth-order valence-corrected chi connectivity index (χ4v) is 1.26. The van der Waals surface area contributed by atoms with Gasteiger partial charge in [0, 0.05) is 0 Å². The van der Waals surface area contributed by atoms with E-state index in [0.717, 1.165) is 4.60 Å². The average molecular weight is 365 g/mol.